The van der Waals surface area contributed by atoms with E-state index in [4.69, 9.17) is 16.0 Å². The maximum absolute atomic E-state index is 13.0. The Kier molecular flexibility index (Phi) is 5.58. The minimum absolute atomic E-state index is 0.207. The van der Waals surface area contributed by atoms with Gasteiger partial charge in [-0.05, 0) is 55.8 Å². The fourth-order valence-corrected chi connectivity index (χ4v) is 2.99. The summed E-state index contributed by atoms with van der Waals surface area (Å²) in [7, 11) is 0. The molecule has 0 spiro atoms. The number of carbonyl (C=O) groups is 1. The second-order valence-corrected chi connectivity index (χ2v) is 7.32. The number of halogens is 2. The van der Waals surface area contributed by atoms with E-state index in [9.17, 15) is 9.18 Å². The molecular formula is C18H15ClFN3O2S. The topological polar surface area (TPSA) is 68.0 Å². The number of carbonyl (C=O) groups excluding carboxylic acids is 1. The van der Waals surface area contributed by atoms with Gasteiger partial charge < -0.3 is 9.73 Å². The minimum Gasteiger partial charge on any atom is -0.411 e. The number of nitrogens with zero attached hydrogens (tertiary/aromatic N) is 2. The number of amides is 1. The Bertz CT molecular complexity index is 930. The first-order valence-electron chi connectivity index (χ1n) is 7.75. The number of nitrogens with one attached hydrogen (secondary N) is 1. The Balaban J connectivity index is 1.66. The fraction of sp³-hybridized carbons (Fsp3) is 0.167. The smallest absolute Gasteiger partial charge is 0.277 e. The van der Waals surface area contributed by atoms with Gasteiger partial charge in [0.1, 0.15) is 5.82 Å². The molecule has 1 aromatic heterocycles. The molecule has 0 aliphatic heterocycles. The van der Waals surface area contributed by atoms with Gasteiger partial charge in [-0.2, -0.15) is 0 Å². The lowest BCUT2D eigenvalue weighted by Crippen LogP contribution is -2.22. The van der Waals surface area contributed by atoms with E-state index in [0.29, 0.717) is 16.3 Å². The predicted molar refractivity (Wildman–Crippen MR) is 99.8 cm³/mol. The molecule has 0 saturated heterocycles. The van der Waals surface area contributed by atoms with Gasteiger partial charge in [0.25, 0.3) is 5.22 Å². The van der Waals surface area contributed by atoms with Crippen LogP contribution in [0.15, 0.2) is 52.1 Å². The van der Waals surface area contributed by atoms with Crippen molar-refractivity contribution in [3.05, 3.63) is 58.9 Å². The Hall–Kier alpha value is -2.38. The van der Waals surface area contributed by atoms with Crippen LogP contribution in [0.3, 0.4) is 0 Å². The van der Waals surface area contributed by atoms with Gasteiger partial charge in [0, 0.05) is 16.3 Å². The van der Waals surface area contributed by atoms with Crippen LogP contribution in [-0.4, -0.2) is 21.4 Å². The van der Waals surface area contributed by atoms with Crippen LogP contribution >= 0.6 is 23.4 Å². The Morgan fingerprint density at radius 3 is 2.69 bits per heavy atom. The van der Waals surface area contributed by atoms with Crippen LogP contribution in [0.5, 0.6) is 0 Å². The Labute approximate surface area is 159 Å². The van der Waals surface area contributed by atoms with Gasteiger partial charge in [-0.25, -0.2) is 4.39 Å². The number of benzene rings is 2. The lowest BCUT2D eigenvalue weighted by Gasteiger charge is -2.12. The second kappa shape index (κ2) is 7.88. The third-order valence-electron chi connectivity index (χ3n) is 3.60. The van der Waals surface area contributed by atoms with E-state index in [1.54, 1.807) is 31.2 Å². The molecule has 1 heterocycles. The highest BCUT2D eigenvalue weighted by Crippen LogP contribution is 2.27. The van der Waals surface area contributed by atoms with Crippen LogP contribution in [0.1, 0.15) is 12.5 Å². The van der Waals surface area contributed by atoms with E-state index in [1.165, 1.54) is 12.1 Å². The molecule has 8 heteroatoms. The van der Waals surface area contributed by atoms with Crippen LogP contribution in [0, 0.1) is 12.7 Å². The third-order valence-corrected chi connectivity index (χ3v) is 4.77. The van der Waals surface area contributed by atoms with Crippen molar-refractivity contribution in [2.45, 2.75) is 24.3 Å². The molecule has 0 aliphatic carbocycles. The first-order chi connectivity index (χ1) is 12.4. The molecule has 1 atom stereocenters. The van der Waals surface area contributed by atoms with Crippen molar-refractivity contribution >= 4 is 35.0 Å². The standard InChI is InChI=1S/C18H15ClFN3O2S/c1-10-3-6-13(19)9-15(10)21-16(24)11(2)26-18-23-22-17(25-18)12-4-7-14(20)8-5-12/h3-9,11H,1-2H3,(H,21,24)/t11-/m0/s1. The zero-order valence-electron chi connectivity index (χ0n) is 14.0. The number of rotatable bonds is 5. The van der Waals surface area contributed by atoms with Crippen molar-refractivity contribution in [2.75, 3.05) is 5.32 Å². The molecule has 26 heavy (non-hydrogen) atoms. The quantitative estimate of drug-likeness (QED) is 0.623. The maximum Gasteiger partial charge on any atom is 0.277 e. The number of aromatic nitrogens is 2. The van der Waals surface area contributed by atoms with Crippen molar-refractivity contribution in [1.82, 2.24) is 10.2 Å². The monoisotopic (exact) mass is 391 g/mol. The molecule has 2 aromatic carbocycles. The molecule has 1 amide bonds. The summed E-state index contributed by atoms with van der Waals surface area (Å²) in [6, 6.07) is 11.0. The summed E-state index contributed by atoms with van der Waals surface area (Å²) < 4.78 is 18.5. The van der Waals surface area contributed by atoms with Crippen LogP contribution in [0.25, 0.3) is 11.5 Å². The second-order valence-electron chi connectivity index (χ2n) is 5.59. The highest BCUT2D eigenvalue weighted by atomic mass is 35.5. The van der Waals surface area contributed by atoms with E-state index >= 15 is 0 Å². The molecule has 0 fully saturated rings. The average molecular weight is 392 g/mol. The summed E-state index contributed by atoms with van der Waals surface area (Å²) in [5.41, 5.74) is 2.18. The summed E-state index contributed by atoms with van der Waals surface area (Å²) in [6.45, 7) is 3.62. The van der Waals surface area contributed by atoms with Crippen LogP contribution in [0.4, 0.5) is 10.1 Å². The normalized spacial score (nSPS) is 12.0. The maximum atomic E-state index is 13.0. The Morgan fingerprint density at radius 1 is 1.23 bits per heavy atom. The molecule has 5 nitrogen and oxygen atoms in total. The molecule has 1 N–H and O–H groups in total. The minimum atomic E-state index is -0.463. The molecule has 0 saturated carbocycles. The van der Waals surface area contributed by atoms with E-state index in [2.05, 4.69) is 15.5 Å². The molecule has 3 rings (SSSR count). The number of anilines is 1. The van der Waals surface area contributed by atoms with Gasteiger partial charge in [-0.3, -0.25) is 4.79 Å². The van der Waals surface area contributed by atoms with Crippen molar-refractivity contribution in [3.63, 3.8) is 0 Å². The summed E-state index contributed by atoms with van der Waals surface area (Å²) in [6.07, 6.45) is 0. The van der Waals surface area contributed by atoms with Crippen LogP contribution < -0.4 is 5.32 Å². The van der Waals surface area contributed by atoms with Gasteiger partial charge in [0.2, 0.25) is 11.8 Å². The largest absolute Gasteiger partial charge is 0.411 e. The molecular weight excluding hydrogens is 377 g/mol. The van der Waals surface area contributed by atoms with Crippen molar-refractivity contribution < 1.29 is 13.6 Å². The van der Waals surface area contributed by atoms with E-state index in [0.717, 1.165) is 17.3 Å². The SMILES string of the molecule is Cc1ccc(Cl)cc1NC(=O)[C@H](C)Sc1nnc(-c2ccc(F)cc2)o1. The number of aryl methyl sites for hydroxylation is 1. The zero-order valence-corrected chi connectivity index (χ0v) is 15.6. The third kappa shape index (κ3) is 4.42. The summed E-state index contributed by atoms with van der Waals surface area (Å²) >= 11 is 7.11. The molecule has 0 radical (unpaired) electrons. The van der Waals surface area contributed by atoms with Gasteiger partial charge >= 0.3 is 0 Å². The highest BCUT2D eigenvalue weighted by molar-refractivity contribution is 8.00. The first-order valence-corrected chi connectivity index (χ1v) is 9.01. The highest BCUT2D eigenvalue weighted by Gasteiger charge is 2.19. The lowest BCUT2D eigenvalue weighted by atomic mass is 10.2. The molecule has 0 aliphatic rings. The number of thioether (sulfide) groups is 1. The van der Waals surface area contributed by atoms with E-state index in [-0.39, 0.29) is 22.8 Å². The van der Waals surface area contributed by atoms with Gasteiger partial charge in [-0.1, -0.05) is 29.4 Å². The molecule has 0 unspecified atom stereocenters. The fourth-order valence-electron chi connectivity index (χ4n) is 2.13. The van der Waals surface area contributed by atoms with Gasteiger partial charge in [-0.15, -0.1) is 10.2 Å². The van der Waals surface area contributed by atoms with Crippen molar-refractivity contribution in [1.29, 1.82) is 0 Å². The van der Waals surface area contributed by atoms with Crippen LogP contribution in [-0.2, 0) is 4.79 Å². The average Bonchev–Trinajstić information content (AvgIpc) is 3.07. The molecule has 3 aromatic rings. The number of hydrogen-bond acceptors (Lipinski definition) is 5. The van der Waals surface area contributed by atoms with Crippen molar-refractivity contribution in [2.24, 2.45) is 0 Å². The van der Waals surface area contributed by atoms with Gasteiger partial charge in [0.05, 0.1) is 5.25 Å². The summed E-state index contributed by atoms with van der Waals surface area (Å²) in [5, 5.41) is 11.0. The zero-order chi connectivity index (χ0) is 18.7. The summed E-state index contributed by atoms with van der Waals surface area (Å²) in [4.78, 5) is 12.4. The summed E-state index contributed by atoms with van der Waals surface area (Å²) in [5.74, 6) is -0.280. The van der Waals surface area contributed by atoms with Crippen molar-refractivity contribution in [3.8, 4) is 11.5 Å². The van der Waals surface area contributed by atoms with Crippen LogP contribution in [0.2, 0.25) is 5.02 Å². The number of hydrogen-bond donors (Lipinski definition) is 1. The lowest BCUT2D eigenvalue weighted by molar-refractivity contribution is -0.115. The molecule has 134 valence electrons. The van der Waals surface area contributed by atoms with Gasteiger partial charge in [0.15, 0.2) is 0 Å². The molecule has 0 bridgehead atoms. The van der Waals surface area contributed by atoms with E-state index in [1.807, 2.05) is 13.0 Å². The predicted octanol–water partition coefficient (Wildman–Crippen LogP) is 4.96. The van der Waals surface area contributed by atoms with E-state index < -0.39 is 5.25 Å². The first kappa shape index (κ1) is 18.4. The Morgan fingerprint density at radius 2 is 1.96 bits per heavy atom.